The molecule has 10 aliphatic rings. The molecule has 10 aliphatic heterocycles. The van der Waals surface area contributed by atoms with E-state index in [2.05, 4.69) is 21.6 Å². The summed E-state index contributed by atoms with van der Waals surface area (Å²) in [4.78, 5) is 0. The van der Waals surface area contributed by atoms with Gasteiger partial charge in [-0.25, -0.2) is 0 Å². The zero-order valence-electron chi connectivity index (χ0n) is 23.1. The van der Waals surface area contributed by atoms with Crippen LogP contribution in [0.15, 0.2) is 84.4 Å². The Labute approximate surface area is 336 Å². The summed E-state index contributed by atoms with van der Waals surface area (Å²) >= 11 is 30.1. The number of rotatable bonds is 0. The second-order valence-corrected chi connectivity index (χ2v) is 27.3. The van der Waals surface area contributed by atoms with E-state index >= 15 is 0 Å². The van der Waals surface area contributed by atoms with Crippen LogP contribution in [0.5, 0.6) is 0 Å². The summed E-state index contributed by atoms with van der Waals surface area (Å²) in [6, 6.07) is 0. The van der Waals surface area contributed by atoms with Crippen LogP contribution in [0.1, 0.15) is 0 Å². The summed E-state index contributed by atoms with van der Waals surface area (Å²) in [6.45, 7) is 2.54. The quantitative estimate of drug-likeness (QED) is 0.231. The Morgan fingerprint density at radius 3 is 0.848 bits per heavy atom. The zero-order valence-corrected chi connectivity index (χ0v) is 36.2. The fourth-order valence-corrected chi connectivity index (χ4v) is 24.9. The van der Waals surface area contributed by atoms with E-state index in [0.717, 1.165) is 20.4 Å². The largest absolute Gasteiger partial charge is 0.480 e. The summed E-state index contributed by atoms with van der Waals surface area (Å²) in [7, 11) is 0. The van der Waals surface area contributed by atoms with Gasteiger partial charge in [-0.15, -0.1) is 47.0 Å². The Bertz CT molecular complexity index is 1270. The normalized spacial score (nSPS) is 26.3. The van der Waals surface area contributed by atoms with Crippen molar-refractivity contribution in [2.45, 2.75) is 0 Å². The molecule has 46 heavy (non-hydrogen) atoms. The van der Waals surface area contributed by atoms with Crippen LogP contribution in [0.4, 0.5) is 0 Å². The molecular weight excluding hydrogens is 889 g/mol. The summed E-state index contributed by atoms with van der Waals surface area (Å²) in [5.74, 6) is 5.11. The molecule has 0 spiro atoms. The second kappa shape index (κ2) is 17.5. The van der Waals surface area contributed by atoms with Gasteiger partial charge >= 0.3 is 0 Å². The minimum Gasteiger partial charge on any atom is -0.480 e. The standard InChI is InChI=1S/C10H8O4S4.C10H8S8.C6H4S4/c2*1-2-12-6-5(11-1)15-9(16-6)10-17-7-8(18-10)14-4-3-13-7;1-2-8-5(7-1)6-9-3-4-10-6/h2*1-4H2;1-4H. The Balaban J connectivity index is 0.000000106. The summed E-state index contributed by atoms with van der Waals surface area (Å²) in [6.07, 6.45) is 0. The molecule has 10 rings (SSSR count). The lowest BCUT2D eigenvalue weighted by molar-refractivity contribution is 0.0949. The first-order valence-corrected chi connectivity index (χ1v) is 27.4. The Hall–Kier alpha value is 2.46. The SMILES string of the molecule is C1=CSC(=C2SC=CS2)S1.C1COC2=C(O1)SC(=C1SC3=C(OCCO3)S1)S2.C1CSC2=C(S1)SC(=C1SC3=C(SCCS3)S1)S2. The first kappa shape index (κ1) is 35.5. The third-order valence-electron chi connectivity index (χ3n) is 5.66. The summed E-state index contributed by atoms with van der Waals surface area (Å²) in [5, 5.41) is 12.1. The third kappa shape index (κ3) is 8.80. The first-order valence-electron chi connectivity index (χ1n) is 13.4. The van der Waals surface area contributed by atoms with Crippen LogP contribution in [0, 0.1) is 0 Å². The van der Waals surface area contributed by atoms with Gasteiger partial charge < -0.3 is 18.9 Å². The molecule has 0 bridgehead atoms. The molecule has 0 N–H and O–H groups in total. The van der Waals surface area contributed by atoms with E-state index in [1.807, 2.05) is 141 Å². The van der Waals surface area contributed by atoms with Crippen LogP contribution in [0.2, 0.25) is 0 Å². The summed E-state index contributed by atoms with van der Waals surface area (Å²) in [5.41, 5.74) is 0. The van der Waals surface area contributed by atoms with Crippen LogP contribution >= 0.6 is 188 Å². The molecule has 0 amide bonds. The van der Waals surface area contributed by atoms with Crippen molar-refractivity contribution in [3.63, 3.8) is 0 Å². The van der Waals surface area contributed by atoms with Crippen LogP contribution in [-0.2, 0) is 18.9 Å². The average Bonchev–Trinajstić information content (AvgIpc) is 3.94. The van der Waals surface area contributed by atoms with Gasteiger partial charge in [0.1, 0.15) is 26.4 Å². The molecule has 4 nitrogen and oxygen atoms in total. The highest BCUT2D eigenvalue weighted by Crippen LogP contribution is 2.67. The molecule has 20 heteroatoms. The van der Waals surface area contributed by atoms with E-state index in [1.54, 1.807) is 64.0 Å². The van der Waals surface area contributed by atoms with Gasteiger partial charge in [-0.05, 0) is 68.7 Å². The molecule has 244 valence electrons. The van der Waals surface area contributed by atoms with Gasteiger partial charge in [0, 0.05) is 23.0 Å². The van der Waals surface area contributed by atoms with E-state index in [1.165, 1.54) is 48.4 Å². The third-order valence-corrected chi connectivity index (χ3v) is 27.8. The highest BCUT2D eigenvalue weighted by molar-refractivity contribution is 8.45. The summed E-state index contributed by atoms with van der Waals surface area (Å²) < 4.78 is 36.9. The van der Waals surface area contributed by atoms with Gasteiger partial charge in [0.15, 0.2) is 0 Å². The van der Waals surface area contributed by atoms with Crippen LogP contribution < -0.4 is 0 Å². The number of hydrogen-bond acceptors (Lipinski definition) is 20. The molecule has 0 unspecified atom stereocenters. The van der Waals surface area contributed by atoms with Crippen LogP contribution in [0.25, 0.3) is 0 Å². The maximum Gasteiger partial charge on any atom is 0.208 e. The smallest absolute Gasteiger partial charge is 0.208 e. The van der Waals surface area contributed by atoms with E-state index in [-0.39, 0.29) is 0 Å². The van der Waals surface area contributed by atoms with Crippen molar-refractivity contribution >= 4 is 188 Å². The predicted octanol–water partition coefficient (Wildman–Crippen LogP) is 13.7. The Kier molecular flexibility index (Phi) is 13.5. The van der Waals surface area contributed by atoms with Crippen molar-refractivity contribution in [2.24, 2.45) is 0 Å². The lowest BCUT2D eigenvalue weighted by atomic mass is 10.7. The Morgan fingerprint density at radius 2 is 0.565 bits per heavy atom. The Morgan fingerprint density at radius 1 is 0.304 bits per heavy atom. The fourth-order valence-electron chi connectivity index (χ4n) is 3.81. The van der Waals surface area contributed by atoms with Gasteiger partial charge in [0.2, 0.25) is 20.4 Å². The molecule has 0 aromatic heterocycles. The van der Waals surface area contributed by atoms with Crippen LogP contribution in [-0.4, -0.2) is 49.4 Å². The maximum atomic E-state index is 5.58. The van der Waals surface area contributed by atoms with E-state index in [4.69, 9.17) is 18.9 Å². The van der Waals surface area contributed by atoms with Gasteiger partial charge in [0.05, 0.1) is 42.4 Å². The van der Waals surface area contributed by atoms with Crippen molar-refractivity contribution in [1.29, 1.82) is 0 Å². The molecule has 0 radical (unpaired) electrons. The zero-order chi connectivity index (χ0) is 30.7. The number of thioether (sulfide) groups is 16. The number of hydrogen-bond donors (Lipinski definition) is 0. The lowest BCUT2D eigenvalue weighted by Crippen LogP contribution is -2.08. The van der Waals surface area contributed by atoms with Crippen molar-refractivity contribution in [3.05, 3.63) is 84.4 Å². The van der Waals surface area contributed by atoms with Crippen LogP contribution in [0.3, 0.4) is 0 Å². The monoisotopic (exact) mass is 908 g/mol. The van der Waals surface area contributed by atoms with E-state index in [0.29, 0.717) is 26.4 Å². The van der Waals surface area contributed by atoms with Crippen molar-refractivity contribution < 1.29 is 18.9 Å². The first-order chi connectivity index (χ1) is 22.8. The predicted molar refractivity (Wildman–Crippen MR) is 232 cm³/mol. The van der Waals surface area contributed by atoms with Crippen molar-refractivity contribution in [1.82, 2.24) is 0 Å². The molecule has 0 aliphatic carbocycles. The van der Waals surface area contributed by atoms with Gasteiger partial charge in [0.25, 0.3) is 0 Å². The highest BCUT2D eigenvalue weighted by atomic mass is 32.3. The van der Waals surface area contributed by atoms with Gasteiger partial charge in [-0.1, -0.05) is 94.1 Å². The topological polar surface area (TPSA) is 36.9 Å². The minimum atomic E-state index is 0.635. The molecule has 0 saturated heterocycles. The lowest BCUT2D eigenvalue weighted by Gasteiger charge is -2.13. The molecule has 0 aromatic carbocycles. The van der Waals surface area contributed by atoms with Gasteiger partial charge in [-0.3, -0.25) is 0 Å². The molecule has 0 fully saturated rings. The molecule has 0 aromatic rings. The highest BCUT2D eigenvalue weighted by Gasteiger charge is 2.36. The van der Waals surface area contributed by atoms with Gasteiger partial charge in [-0.2, -0.15) is 0 Å². The maximum absolute atomic E-state index is 5.58. The van der Waals surface area contributed by atoms with E-state index in [9.17, 15) is 0 Å². The van der Waals surface area contributed by atoms with Crippen molar-refractivity contribution in [2.75, 3.05) is 49.4 Å². The number of ether oxygens (including phenoxy) is 4. The fraction of sp³-hybridized carbons (Fsp3) is 0.308. The molecular formula is C26H20O4S16. The van der Waals surface area contributed by atoms with E-state index < -0.39 is 0 Å². The van der Waals surface area contributed by atoms with Crippen molar-refractivity contribution in [3.8, 4) is 0 Å². The average molecular weight is 910 g/mol. The molecule has 0 atom stereocenters. The second-order valence-electron chi connectivity index (χ2n) is 8.64. The molecule has 0 saturated carbocycles. The minimum absolute atomic E-state index is 0.635. The molecule has 10 heterocycles.